The minimum Gasteiger partial charge on any atom is -0.469 e. The third-order valence-corrected chi connectivity index (χ3v) is 2.76. The summed E-state index contributed by atoms with van der Waals surface area (Å²) in [6.07, 6.45) is 2.78. The Morgan fingerprint density at radius 3 is 2.78 bits per heavy atom. The number of ether oxygens (including phenoxy) is 1. The molecule has 0 fully saturated rings. The molecule has 2 N–H and O–H groups in total. The summed E-state index contributed by atoms with van der Waals surface area (Å²) in [6, 6.07) is 3.69. The number of aromatic nitrogens is 1. The van der Waals surface area contributed by atoms with Crippen molar-refractivity contribution in [3.05, 3.63) is 23.9 Å². The fraction of sp³-hybridized carbons (Fsp3) is 0.417. The molecule has 1 rings (SSSR count). The number of pyridine rings is 1. The molecule has 0 radical (unpaired) electrons. The first kappa shape index (κ1) is 14.4. The van der Waals surface area contributed by atoms with Crippen LogP contribution in [0.2, 0.25) is 0 Å². The molecule has 1 aromatic rings. The van der Waals surface area contributed by atoms with Gasteiger partial charge in [-0.3, -0.25) is 4.79 Å². The Balaban J connectivity index is 2.48. The number of anilines is 1. The molecule has 0 amide bonds. The van der Waals surface area contributed by atoms with E-state index >= 15 is 0 Å². The molecule has 0 spiro atoms. The second-order valence-corrected chi connectivity index (χ2v) is 4.31. The third-order valence-electron chi connectivity index (χ3n) is 2.53. The molecular weight excluding hydrogens is 250 g/mol. The summed E-state index contributed by atoms with van der Waals surface area (Å²) in [6.45, 7) is 0.731. The normalized spacial score (nSPS) is 9.89. The summed E-state index contributed by atoms with van der Waals surface area (Å²) >= 11 is 4.86. The van der Waals surface area contributed by atoms with Crippen molar-refractivity contribution in [2.45, 2.75) is 12.8 Å². The highest BCUT2D eigenvalue weighted by atomic mass is 32.1. The molecule has 1 heterocycles. The molecule has 1 aromatic heterocycles. The first-order valence-corrected chi connectivity index (χ1v) is 5.99. The number of nitrogens with zero attached hydrogens (tertiary/aromatic N) is 2. The molecule has 5 nitrogen and oxygen atoms in total. The highest BCUT2D eigenvalue weighted by molar-refractivity contribution is 7.80. The molecule has 0 aromatic carbocycles. The predicted octanol–water partition coefficient (Wildman–Crippen LogP) is 1.11. The molecule has 0 bridgehead atoms. The van der Waals surface area contributed by atoms with Crippen LogP contribution in [0.5, 0.6) is 0 Å². The lowest BCUT2D eigenvalue weighted by molar-refractivity contribution is -0.140. The van der Waals surface area contributed by atoms with Gasteiger partial charge >= 0.3 is 5.97 Å². The Hall–Kier alpha value is -1.69. The summed E-state index contributed by atoms with van der Waals surface area (Å²) in [5.41, 5.74) is 6.24. The van der Waals surface area contributed by atoms with Gasteiger partial charge in [0, 0.05) is 31.8 Å². The van der Waals surface area contributed by atoms with Crippen molar-refractivity contribution in [3.8, 4) is 0 Å². The van der Waals surface area contributed by atoms with Crippen molar-refractivity contribution < 1.29 is 9.53 Å². The van der Waals surface area contributed by atoms with E-state index in [-0.39, 0.29) is 5.97 Å². The number of rotatable bonds is 6. The van der Waals surface area contributed by atoms with E-state index in [2.05, 4.69) is 9.72 Å². The molecule has 0 aliphatic heterocycles. The van der Waals surface area contributed by atoms with Gasteiger partial charge in [0.15, 0.2) is 0 Å². The van der Waals surface area contributed by atoms with Crippen molar-refractivity contribution in [2.75, 3.05) is 25.6 Å². The van der Waals surface area contributed by atoms with E-state index in [4.69, 9.17) is 18.0 Å². The lowest BCUT2D eigenvalue weighted by Gasteiger charge is -2.17. The maximum absolute atomic E-state index is 11.0. The zero-order chi connectivity index (χ0) is 13.5. The average molecular weight is 267 g/mol. The second-order valence-electron chi connectivity index (χ2n) is 3.87. The van der Waals surface area contributed by atoms with Crippen LogP contribution >= 0.6 is 12.2 Å². The van der Waals surface area contributed by atoms with Gasteiger partial charge in [0.2, 0.25) is 0 Å². The third kappa shape index (κ3) is 4.29. The van der Waals surface area contributed by atoms with Crippen molar-refractivity contribution in [1.29, 1.82) is 0 Å². The van der Waals surface area contributed by atoms with E-state index in [0.717, 1.165) is 24.3 Å². The molecule has 0 unspecified atom stereocenters. The van der Waals surface area contributed by atoms with Crippen LogP contribution in [-0.4, -0.2) is 36.6 Å². The van der Waals surface area contributed by atoms with Gasteiger partial charge in [-0.2, -0.15) is 0 Å². The fourth-order valence-electron chi connectivity index (χ4n) is 1.43. The molecular formula is C12H17N3O2S. The van der Waals surface area contributed by atoms with E-state index in [9.17, 15) is 4.79 Å². The summed E-state index contributed by atoms with van der Waals surface area (Å²) in [5.74, 6) is 0.625. The number of hydrogen-bond acceptors (Lipinski definition) is 5. The Morgan fingerprint density at radius 2 is 2.28 bits per heavy atom. The lowest BCUT2D eigenvalue weighted by Crippen LogP contribution is -2.21. The maximum atomic E-state index is 11.0. The van der Waals surface area contributed by atoms with Gasteiger partial charge in [-0.05, 0) is 18.6 Å². The smallest absolute Gasteiger partial charge is 0.305 e. The van der Waals surface area contributed by atoms with Crippen LogP contribution in [0.25, 0.3) is 0 Å². The minimum absolute atomic E-state index is 0.194. The van der Waals surface area contributed by atoms with Crippen molar-refractivity contribution in [1.82, 2.24) is 4.98 Å². The van der Waals surface area contributed by atoms with E-state index < -0.39 is 0 Å². The van der Waals surface area contributed by atoms with Crippen LogP contribution in [0, 0.1) is 0 Å². The molecule has 6 heteroatoms. The van der Waals surface area contributed by atoms with Crippen LogP contribution in [-0.2, 0) is 9.53 Å². The van der Waals surface area contributed by atoms with Crippen molar-refractivity contribution in [3.63, 3.8) is 0 Å². The predicted molar refractivity (Wildman–Crippen MR) is 74.6 cm³/mol. The highest BCUT2D eigenvalue weighted by Gasteiger charge is 2.05. The monoisotopic (exact) mass is 267 g/mol. The van der Waals surface area contributed by atoms with Gasteiger partial charge in [0.25, 0.3) is 0 Å². The maximum Gasteiger partial charge on any atom is 0.305 e. The van der Waals surface area contributed by atoms with E-state index in [0.29, 0.717) is 11.4 Å². The Bertz CT molecular complexity index is 420. The molecule has 18 heavy (non-hydrogen) atoms. The van der Waals surface area contributed by atoms with Crippen molar-refractivity contribution in [2.24, 2.45) is 5.73 Å². The van der Waals surface area contributed by atoms with Gasteiger partial charge < -0.3 is 15.4 Å². The zero-order valence-corrected chi connectivity index (χ0v) is 11.4. The number of nitrogens with two attached hydrogens (primary N) is 1. The van der Waals surface area contributed by atoms with Crippen molar-refractivity contribution >= 4 is 29.0 Å². The second kappa shape index (κ2) is 6.90. The Labute approximate surface area is 112 Å². The number of hydrogen-bond donors (Lipinski definition) is 1. The van der Waals surface area contributed by atoms with Crippen LogP contribution in [0.15, 0.2) is 18.3 Å². The Morgan fingerprint density at radius 1 is 1.56 bits per heavy atom. The standard InChI is InChI=1S/C12H17N3O2S/c1-15(7-3-4-11(16)17-2)10-6-5-9(8-14-10)12(13)18/h5-6,8H,3-4,7H2,1-2H3,(H2,13,18). The summed E-state index contributed by atoms with van der Waals surface area (Å²) < 4.78 is 4.58. The molecule has 98 valence electrons. The van der Waals surface area contributed by atoms with Gasteiger partial charge in [0.05, 0.1) is 7.11 Å². The van der Waals surface area contributed by atoms with Crippen LogP contribution < -0.4 is 10.6 Å². The summed E-state index contributed by atoms with van der Waals surface area (Å²) in [5, 5.41) is 0. The SMILES string of the molecule is COC(=O)CCCN(C)c1ccc(C(N)=S)cn1. The van der Waals surface area contributed by atoms with Crippen LogP contribution in [0.1, 0.15) is 18.4 Å². The molecule has 0 aliphatic carbocycles. The number of methoxy groups -OCH3 is 1. The first-order chi connectivity index (χ1) is 8.54. The summed E-state index contributed by atoms with van der Waals surface area (Å²) in [7, 11) is 3.31. The van der Waals surface area contributed by atoms with E-state index in [1.54, 1.807) is 6.20 Å². The largest absolute Gasteiger partial charge is 0.469 e. The number of thiocarbonyl (C=S) groups is 1. The average Bonchev–Trinajstić information content (AvgIpc) is 2.38. The topological polar surface area (TPSA) is 68.5 Å². The van der Waals surface area contributed by atoms with Crippen LogP contribution in [0.4, 0.5) is 5.82 Å². The zero-order valence-electron chi connectivity index (χ0n) is 10.5. The van der Waals surface area contributed by atoms with Gasteiger partial charge in [-0.1, -0.05) is 12.2 Å². The molecule has 0 saturated heterocycles. The summed E-state index contributed by atoms with van der Waals surface area (Å²) in [4.78, 5) is 17.5. The molecule has 0 atom stereocenters. The lowest BCUT2D eigenvalue weighted by atomic mass is 10.2. The van der Waals surface area contributed by atoms with Gasteiger partial charge in [-0.15, -0.1) is 0 Å². The van der Waals surface area contributed by atoms with Gasteiger partial charge in [0.1, 0.15) is 10.8 Å². The van der Waals surface area contributed by atoms with Gasteiger partial charge in [-0.25, -0.2) is 4.98 Å². The number of carbonyl (C=O) groups excluding carboxylic acids is 1. The quantitative estimate of drug-likeness (QED) is 0.615. The minimum atomic E-state index is -0.194. The van der Waals surface area contributed by atoms with E-state index in [1.165, 1.54) is 7.11 Å². The molecule has 0 aliphatic rings. The fourth-order valence-corrected chi connectivity index (χ4v) is 1.56. The first-order valence-electron chi connectivity index (χ1n) is 5.58. The highest BCUT2D eigenvalue weighted by Crippen LogP contribution is 2.10. The van der Waals surface area contributed by atoms with Crippen LogP contribution in [0.3, 0.4) is 0 Å². The number of carbonyl (C=O) groups is 1. The molecule has 0 saturated carbocycles. The number of esters is 1. The van der Waals surface area contributed by atoms with E-state index in [1.807, 2.05) is 24.1 Å². The Kier molecular flexibility index (Phi) is 5.51.